The lowest BCUT2D eigenvalue weighted by molar-refractivity contribution is 0.0431. The van der Waals surface area contributed by atoms with Gasteiger partial charge in [-0.1, -0.05) is 6.58 Å². The van der Waals surface area contributed by atoms with Crippen molar-refractivity contribution >= 4 is 5.82 Å². The molecule has 3 rings (SSSR count). The Hall–Kier alpha value is -1.43. The molecule has 0 radical (unpaired) electrons. The SMILES string of the molecule is C=C(N1CC[C@@]12CCN(C(C)C)C2)n1cnc(F)n1. The van der Waals surface area contributed by atoms with Gasteiger partial charge in [-0.05, 0) is 26.7 Å². The summed E-state index contributed by atoms with van der Waals surface area (Å²) >= 11 is 0. The molecule has 2 fully saturated rings. The Morgan fingerprint density at radius 3 is 2.63 bits per heavy atom. The number of rotatable bonds is 3. The molecule has 1 atom stereocenters. The van der Waals surface area contributed by atoms with Gasteiger partial charge in [0.2, 0.25) is 0 Å². The Labute approximate surface area is 112 Å². The predicted octanol–water partition coefficient (Wildman–Crippen LogP) is 1.40. The van der Waals surface area contributed by atoms with Gasteiger partial charge in [-0.2, -0.15) is 9.37 Å². The van der Waals surface area contributed by atoms with E-state index in [2.05, 4.69) is 40.3 Å². The standard InChI is InChI=1S/C13H20FN5/c1-10(2)17-6-4-13(8-17)5-7-18(13)11(3)19-9-15-12(14)16-19/h9-10H,3-8H2,1-2H3/t13-/m1/s1. The monoisotopic (exact) mass is 265 g/mol. The second-order valence-electron chi connectivity index (χ2n) is 5.81. The summed E-state index contributed by atoms with van der Waals surface area (Å²) < 4.78 is 14.3. The van der Waals surface area contributed by atoms with E-state index in [9.17, 15) is 4.39 Å². The molecule has 2 aliphatic heterocycles. The molecular formula is C13H20FN5. The van der Waals surface area contributed by atoms with E-state index in [1.165, 1.54) is 17.4 Å². The van der Waals surface area contributed by atoms with Crippen LogP contribution in [0, 0.1) is 6.08 Å². The third kappa shape index (κ3) is 1.94. The summed E-state index contributed by atoms with van der Waals surface area (Å²) in [5.74, 6) is 0.730. The molecule has 104 valence electrons. The average Bonchev–Trinajstić information content (AvgIpc) is 2.94. The van der Waals surface area contributed by atoms with Gasteiger partial charge in [0, 0.05) is 25.7 Å². The highest BCUT2D eigenvalue weighted by Gasteiger charge is 2.50. The molecule has 0 saturated carbocycles. The van der Waals surface area contributed by atoms with Crippen molar-refractivity contribution in [2.75, 3.05) is 19.6 Å². The van der Waals surface area contributed by atoms with Crippen LogP contribution in [0.5, 0.6) is 0 Å². The Kier molecular flexibility index (Phi) is 2.85. The number of aromatic nitrogens is 3. The number of hydrogen-bond donors (Lipinski definition) is 0. The first-order valence-corrected chi connectivity index (χ1v) is 6.80. The van der Waals surface area contributed by atoms with Crippen LogP contribution in [-0.2, 0) is 0 Å². The lowest BCUT2D eigenvalue weighted by atomic mass is 9.84. The number of likely N-dealkylation sites (tertiary alicyclic amines) is 2. The zero-order valence-corrected chi connectivity index (χ0v) is 11.5. The van der Waals surface area contributed by atoms with E-state index in [-0.39, 0.29) is 5.54 Å². The molecule has 0 unspecified atom stereocenters. The number of halogens is 1. The molecule has 6 heteroatoms. The maximum absolute atomic E-state index is 12.9. The minimum Gasteiger partial charge on any atom is -0.350 e. The molecule has 1 aromatic heterocycles. The molecule has 2 saturated heterocycles. The second kappa shape index (κ2) is 4.30. The first-order valence-electron chi connectivity index (χ1n) is 6.80. The largest absolute Gasteiger partial charge is 0.350 e. The molecule has 0 N–H and O–H groups in total. The molecular weight excluding hydrogens is 245 g/mol. The smallest absolute Gasteiger partial charge is 0.327 e. The summed E-state index contributed by atoms with van der Waals surface area (Å²) in [4.78, 5) is 8.26. The van der Waals surface area contributed by atoms with Crippen molar-refractivity contribution in [1.29, 1.82) is 0 Å². The van der Waals surface area contributed by atoms with Gasteiger partial charge < -0.3 is 4.90 Å². The van der Waals surface area contributed by atoms with Crippen LogP contribution in [0.3, 0.4) is 0 Å². The fourth-order valence-electron chi connectivity index (χ4n) is 3.19. The Morgan fingerprint density at radius 2 is 2.16 bits per heavy atom. The van der Waals surface area contributed by atoms with Crippen LogP contribution in [0.4, 0.5) is 4.39 Å². The molecule has 3 heterocycles. The molecule has 1 aromatic rings. The van der Waals surface area contributed by atoms with Crippen LogP contribution in [0.25, 0.3) is 5.82 Å². The van der Waals surface area contributed by atoms with E-state index < -0.39 is 6.08 Å². The molecule has 2 aliphatic rings. The third-order valence-corrected chi connectivity index (χ3v) is 4.51. The van der Waals surface area contributed by atoms with Crippen LogP contribution in [-0.4, -0.2) is 55.8 Å². The van der Waals surface area contributed by atoms with Crippen molar-refractivity contribution < 1.29 is 4.39 Å². The highest BCUT2D eigenvalue weighted by Crippen LogP contribution is 2.42. The minimum atomic E-state index is -0.703. The highest BCUT2D eigenvalue weighted by atomic mass is 19.1. The third-order valence-electron chi connectivity index (χ3n) is 4.51. The van der Waals surface area contributed by atoms with Crippen LogP contribution < -0.4 is 0 Å². The molecule has 0 bridgehead atoms. The molecule has 0 aliphatic carbocycles. The molecule has 0 amide bonds. The van der Waals surface area contributed by atoms with E-state index in [1.807, 2.05) is 0 Å². The van der Waals surface area contributed by atoms with E-state index >= 15 is 0 Å². The summed E-state index contributed by atoms with van der Waals surface area (Å²) in [7, 11) is 0. The fraction of sp³-hybridized carbons (Fsp3) is 0.692. The summed E-state index contributed by atoms with van der Waals surface area (Å²) in [6, 6.07) is 0.568. The van der Waals surface area contributed by atoms with Crippen molar-refractivity contribution in [2.24, 2.45) is 0 Å². The fourth-order valence-corrected chi connectivity index (χ4v) is 3.19. The van der Waals surface area contributed by atoms with Gasteiger partial charge >= 0.3 is 6.08 Å². The Morgan fingerprint density at radius 1 is 1.42 bits per heavy atom. The minimum absolute atomic E-state index is 0.170. The van der Waals surface area contributed by atoms with Crippen molar-refractivity contribution in [3.8, 4) is 0 Å². The van der Waals surface area contributed by atoms with Crippen molar-refractivity contribution in [1.82, 2.24) is 24.6 Å². The second-order valence-corrected chi connectivity index (χ2v) is 5.81. The zero-order chi connectivity index (χ0) is 13.6. The first-order chi connectivity index (χ1) is 9.02. The van der Waals surface area contributed by atoms with Gasteiger partial charge in [-0.25, -0.2) is 4.68 Å². The molecule has 5 nitrogen and oxygen atoms in total. The van der Waals surface area contributed by atoms with E-state index in [4.69, 9.17) is 0 Å². The maximum Gasteiger partial charge on any atom is 0.327 e. The molecule has 19 heavy (non-hydrogen) atoms. The van der Waals surface area contributed by atoms with Crippen molar-refractivity contribution in [3.63, 3.8) is 0 Å². The van der Waals surface area contributed by atoms with Gasteiger partial charge in [0.15, 0.2) is 0 Å². The van der Waals surface area contributed by atoms with Gasteiger partial charge in [0.1, 0.15) is 12.1 Å². The van der Waals surface area contributed by atoms with Gasteiger partial charge in [0.25, 0.3) is 0 Å². The van der Waals surface area contributed by atoms with Gasteiger partial charge in [-0.15, -0.1) is 5.10 Å². The van der Waals surface area contributed by atoms with Crippen LogP contribution >= 0.6 is 0 Å². The summed E-state index contributed by atoms with van der Waals surface area (Å²) in [5, 5.41) is 3.71. The van der Waals surface area contributed by atoms with Crippen molar-refractivity contribution in [2.45, 2.75) is 38.3 Å². The molecule has 0 aromatic carbocycles. The summed E-state index contributed by atoms with van der Waals surface area (Å²) in [5.41, 5.74) is 0.170. The number of hydrogen-bond acceptors (Lipinski definition) is 4. The Bertz CT molecular complexity index is 497. The van der Waals surface area contributed by atoms with Crippen LogP contribution in [0.2, 0.25) is 0 Å². The van der Waals surface area contributed by atoms with E-state index in [0.717, 1.165) is 31.9 Å². The van der Waals surface area contributed by atoms with Crippen LogP contribution in [0.15, 0.2) is 12.9 Å². The normalized spacial score (nSPS) is 27.3. The summed E-state index contributed by atoms with van der Waals surface area (Å²) in [6.45, 7) is 11.6. The first kappa shape index (κ1) is 12.6. The number of nitrogens with zero attached hydrogens (tertiary/aromatic N) is 5. The Balaban J connectivity index is 1.75. The highest BCUT2D eigenvalue weighted by molar-refractivity contribution is 5.42. The zero-order valence-electron chi connectivity index (χ0n) is 11.5. The average molecular weight is 265 g/mol. The topological polar surface area (TPSA) is 37.2 Å². The predicted molar refractivity (Wildman–Crippen MR) is 70.7 cm³/mol. The van der Waals surface area contributed by atoms with Gasteiger partial charge in [-0.3, -0.25) is 4.90 Å². The summed E-state index contributed by atoms with van der Waals surface area (Å²) in [6.07, 6.45) is 3.00. The molecule has 1 spiro atoms. The maximum atomic E-state index is 12.9. The van der Waals surface area contributed by atoms with E-state index in [0.29, 0.717) is 6.04 Å². The quantitative estimate of drug-likeness (QED) is 0.828. The van der Waals surface area contributed by atoms with Crippen molar-refractivity contribution in [3.05, 3.63) is 19.0 Å². The van der Waals surface area contributed by atoms with Gasteiger partial charge in [0.05, 0.1) is 5.54 Å². The lowest BCUT2D eigenvalue weighted by Gasteiger charge is -2.52. The van der Waals surface area contributed by atoms with E-state index in [1.54, 1.807) is 0 Å². The lowest BCUT2D eigenvalue weighted by Crippen LogP contribution is -2.60. The van der Waals surface area contributed by atoms with Crippen LogP contribution in [0.1, 0.15) is 26.7 Å².